The van der Waals surface area contributed by atoms with Crippen LogP contribution in [-0.2, 0) is 4.79 Å². The second kappa shape index (κ2) is 12.9. The van der Waals surface area contributed by atoms with E-state index in [0.29, 0.717) is 6.42 Å². The molecule has 0 fully saturated rings. The van der Waals surface area contributed by atoms with Crippen molar-refractivity contribution >= 4 is 22.9 Å². The molecule has 5 heteroatoms. The molecule has 0 spiro atoms. The Hall–Kier alpha value is -2.92. The van der Waals surface area contributed by atoms with Gasteiger partial charge in [0.2, 0.25) is 5.91 Å². The number of halogens is 1. The predicted octanol–water partition coefficient (Wildman–Crippen LogP) is 7.05. The summed E-state index contributed by atoms with van der Waals surface area (Å²) in [5, 5.41) is 3.88. The minimum absolute atomic E-state index is 0.00231. The number of unbranched alkanes of at least 4 members (excludes halogenated alkanes) is 2. The molecular formula is C28H38FN3O. The van der Waals surface area contributed by atoms with Gasteiger partial charge in [-0.05, 0) is 69.9 Å². The molecule has 0 aliphatic carbocycles. The number of hydrogen-bond donors (Lipinski definition) is 2. The van der Waals surface area contributed by atoms with Gasteiger partial charge in [-0.2, -0.15) is 0 Å². The van der Waals surface area contributed by atoms with Crippen LogP contribution in [0.1, 0.15) is 72.0 Å². The third-order valence-corrected chi connectivity index (χ3v) is 5.29. The van der Waals surface area contributed by atoms with Crippen molar-refractivity contribution in [2.45, 2.75) is 72.5 Å². The molecule has 0 saturated heterocycles. The van der Waals surface area contributed by atoms with E-state index in [2.05, 4.69) is 54.1 Å². The van der Waals surface area contributed by atoms with E-state index in [0.717, 1.165) is 41.5 Å². The Morgan fingerprint density at radius 3 is 2.36 bits per heavy atom. The van der Waals surface area contributed by atoms with Gasteiger partial charge in [0.15, 0.2) is 0 Å². The number of benzene rings is 2. The summed E-state index contributed by atoms with van der Waals surface area (Å²) in [6.45, 7) is 10.1. The smallest absolute Gasteiger partial charge is 0.221 e. The van der Waals surface area contributed by atoms with E-state index in [4.69, 9.17) is 5.73 Å². The summed E-state index contributed by atoms with van der Waals surface area (Å²) < 4.78 is 15.9. The molecule has 1 unspecified atom stereocenters. The highest BCUT2D eigenvalue weighted by atomic mass is 19.1. The number of nitrogens with one attached hydrogen (secondary N) is 1. The highest BCUT2D eigenvalue weighted by molar-refractivity contribution is 6.01. The molecule has 0 aliphatic heterocycles. The van der Waals surface area contributed by atoms with Crippen molar-refractivity contribution in [1.82, 2.24) is 9.88 Å². The first-order valence-corrected chi connectivity index (χ1v) is 12.0. The van der Waals surface area contributed by atoms with Crippen molar-refractivity contribution in [2.75, 3.05) is 0 Å². The molecule has 0 saturated carbocycles. The Labute approximate surface area is 197 Å². The zero-order chi connectivity index (χ0) is 24.4. The van der Waals surface area contributed by atoms with Gasteiger partial charge in [-0.15, -0.1) is 0 Å². The van der Waals surface area contributed by atoms with Crippen molar-refractivity contribution < 1.29 is 9.18 Å². The molecule has 3 aromatic rings. The Kier molecular flexibility index (Phi) is 10.3. The van der Waals surface area contributed by atoms with E-state index in [1.165, 1.54) is 17.6 Å². The second-order valence-corrected chi connectivity index (χ2v) is 8.25. The maximum atomic E-state index is 13.5. The predicted molar refractivity (Wildman–Crippen MR) is 138 cm³/mol. The van der Waals surface area contributed by atoms with Gasteiger partial charge in [0.05, 0.1) is 6.17 Å². The number of carbonyl (C=O) groups is 1. The maximum Gasteiger partial charge on any atom is 0.221 e. The molecule has 33 heavy (non-hydrogen) atoms. The van der Waals surface area contributed by atoms with Gasteiger partial charge in [-0.3, -0.25) is 4.79 Å². The third-order valence-electron chi connectivity index (χ3n) is 5.29. The Morgan fingerprint density at radius 1 is 1.06 bits per heavy atom. The molecule has 1 heterocycles. The topological polar surface area (TPSA) is 60.0 Å². The van der Waals surface area contributed by atoms with Gasteiger partial charge in [-0.1, -0.05) is 50.3 Å². The van der Waals surface area contributed by atoms with Gasteiger partial charge >= 0.3 is 0 Å². The molecule has 3 N–H and O–H groups in total. The Bertz CT molecular complexity index is 1050. The van der Waals surface area contributed by atoms with Gasteiger partial charge in [0.25, 0.3) is 0 Å². The fourth-order valence-electron chi connectivity index (χ4n) is 3.99. The molecule has 178 valence electrons. The van der Waals surface area contributed by atoms with Gasteiger partial charge in [0.1, 0.15) is 5.82 Å². The molecule has 3 rings (SSSR count). The fourth-order valence-corrected chi connectivity index (χ4v) is 3.99. The summed E-state index contributed by atoms with van der Waals surface area (Å²) in [6, 6.07) is 15.3. The number of aromatic nitrogens is 1. The lowest BCUT2D eigenvalue weighted by atomic mass is 10.0. The molecule has 1 aromatic heterocycles. The van der Waals surface area contributed by atoms with Crippen LogP contribution in [0.3, 0.4) is 0 Å². The molecule has 0 aliphatic rings. The highest BCUT2D eigenvalue weighted by Crippen LogP contribution is 2.37. The van der Waals surface area contributed by atoms with E-state index in [9.17, 15) is 9.18 Å². The number of para-hydroxylation sites is 1. The lowest BCUT2D eigenvalue weighted by Crippen LogP contribution is -2.38. The van der Waals surface area contributed by atoms with Crippen molar-refractivity contribution in [2.24, 2.45) is 5.73 Å². The van der Waals surface area contributed by atoms with E-state index >= 15 is 0 Å². The van der Waals surface area contributed by atoms with Crippen LogP contribution in [0, 0.1) is 5.82 Å². The first kappa shape index (κ1) is 26.3. The van der Waals surface area contributed by atoms with Crippen LogP contribution in [0.25, 0.3) is 28.1 Å². The average molecular weight is 452 g/mol. The summed E-state index contributed by atoms with van der Waals surface area (Å²) in [4.78, 5) is 11.7. The highest BCUT2D eigenvalue weighted by Gasteiger charge is 2.18. The molecular weight excluding hydrogens is 413 g/mol. The summed E-state index contributed by atoms with van der Waals surface area (Å²) in [7, 11) is 0. The molecule has 0 bridgehead atoms. The number of allylic oxidation sites excluding steroid dienone is 1. The fraction of sp³-hybridized carbons (Fsp3) is 0.393. The zero-order valence-corrected chi connectivity index (χ0v) is 20.6. The number of nitrogens with zero attached hydrogens (tertiary/aromatic N) is 1. The van der Waals surface area contributed by atoms with Crippen molar-refractivity contribution in [3.05, 3.63) is 66.1 Å². The first-order chi connectivity index (χ1) is 15.9. The largest absolute Gasteiger partial charge is 0.341 e. The normalized spacial score (nSPS) is 12.1. The van der Waals surface area contributed by atoms with E-state index in [1.807, 2.05) is 32.0 Å². The minimum atomic E-state index is -0.310. The maximum absolute atomic E-state index is 13.5. The number of hydrogen-bond acceptors (Lipinski definition) is 2. The van der Waals surface area contributed by atoms with Crippen molar-refractivity contribution in [3.8, 4) is 11.1 Å². The lowest BCUT2D eigenvalue weighted by Gasteiger charge is -2.13. The van der Waals surface area contributed by atoms with Gasteiger partial charge in [0, 0.05) is 34.6 Å². The van der Waals surface area contributed by atoms with E-state index in [1.54, 1.807) is 6.92 Å². The van der Waals surface area contributed by atoms with Crippen molar-refractivity contribution in [1.29, 1.82) is 0 Å². The van der Waals surface area contributed by atoms with Crippen molar-refractivity contribution in [3.63, 3.8) is 0 Å². The lowest BCUT2D eigenvalue weighted by molar-refractivity contribution is -0.121. The summed E-state index contributed by atoms with van der Waals surface area (Å²) >= 11 is 0. The monoisotopic (exact) mass is 451 g/mol. The molecule has 0 radical (unpaired) electrons. The van der Waals surface area contributed by atoms with Crippen LogP contribution in [-0.4, -0.2) is 16.6 Å². The van der Waals surface area contributed by atoms with Crippen LogP contribution in [0.4, 0.5) is 4.39 Å². The first-order valence-electron chi connectivity index (χ1n) is 12.0. The van der Waals surface area contributed by atoms with Gasteiger partial charge in [-0.25, -0.2) is 4.39 Å². The van der Waals surface area contributed by atoms with Crippen LogP contribution in [0.15, 0.2) is 54.6 Å². The standard InChI is InChI=1S/C26H32FN3O.C2H6/c1-18(2)30-23-11-9-8-10-22(23)26(20-14-16-21(27)17-15-20)24(30)12-6-4-5-7-13-25(31)29-19(3)28;1-2/h6,8-12,14-19H,4-5,7,13,28H2,1-3H3,(H,29,31);1-2H3/b12-6+;. The summed E-state index contributed by atoms with van der Waals surface area (Å²) in [5.74, 6) is -0.237. The number of rotatable bonds is 9. The summed E-state index contributed by atoms with van der Waals surface area (Å²) in [6.07, 6.45) is 7.15. The molecule has 1 atom stereocenters. The third kappa shape index (κ3) is 7.03. The second-order valence-electron chi connectivity index (χ2n) is 8.25. The molecule has 1 amide bonds. The Morgan fingerprint density at radius 2 is 1.73 bits per heavy atom. The van der Waals surface area contributed by atoms with E-state index < -0.39 is 0 Å². The minimum Gasteiger partial charge on any atom is -0.341 e. The number of fused-ring (bicyclic) bond motifs is 1. The number of nitrogens with two attached hydrogens (primary N) is 1. The zero-order valence-electron chi connectivity index (χ0n) is 20.6. The Balaban J connectivity index is 0.00000187. The quantitative estimate of drug-likeness (QED) is 0.270. The number of carbonyl (C=O) groups excluding carboxylic acids is 1. The SMILES string of the molecule is CC.CC(N)NC(=O)CCCC/C=C/c1c(-c2ccc(F)cc2)c2ccccc2n1C(C)C. The summed E-state index contributed by atoms with van der Waals surface area (Å²) in [5.41, 5.74) is 10.0. The van der Waals surface area contributed by atoms with Crippen LogP contribution >= 0.6 is 0 Å². The molecule has 4 nitrogen and oxygen atoms in total. The molecule has 2 aromatic carbocycles. The van der Waals surface area contributed by atoms with Crippen LogP contribution < -0.4 is 11.1 Å². The number of amides is 1. The average Bonchev–Trinajstić information content (AvgIpc) is 3.12. The van der Waals surface area contributed by atoms with Crippen LogP contribution in [0.2, 0.25) is 0 Å². The van der Waals surface area contributed by atoms with Gasteiger partial charge < -0.3 is 15.6 Å². The van der Waals surface area contributed by atoms with E-state index in [-0.39, 0.29) is 23.9 Å². The van der Waals surface area contributed by atoms with Crippen LogP contribution in [0.5, 0.6) is 0 Å².